The normalized spacial score (nSPS) is 10.1. The highest BCUT2D eigenvalue weighted by Gasteiger charge is 2.12. The maximum Gasteiger partial charge on any atom is 0.325 e. The lowest BCUT2D eigenvalue weighted by molar-refractivity contribution is -0.148. The first kappa shape index (κ1) is 19.5. The summed E-state index contributed by atoms with van der Waals surface area (Å²) >= 11 is 0. The van der Waals surface area contributed by atoms with Gasteiger partial charge in [0, 0.05) is 6.04 Å². The van der Waals surface area contributed by atoms with Crippen molar-refractivity contribution in [2.24, 2.45) is 0 Å². The van der Waals surface area contributed by atoms with Crippen molar-refractivity contribution in [2.45, 2.75) is 32.7 Å². The summed E-state index contributed by atoms with van der Waals surface area (Å²) in [7, 11) is 0. The van der Waals surface area contributed by atoms with E-state index >= 15 is 0 Å². The van der Waals surface area contributed by atoms with Gasteiger partial charge in [-0.2, -0.15) is 0 Å². The Hall–Kier alpha value is -2.57. The van der Waals surface area contributed by atoms with Crippen LogP contribution in [-0.4, -0.2) is 43.6 Å². The minimum atomic E-state index is -0.678. The Kier molecular flexibility index (Phi) is 8.96. The molecule has 0 unspecified atom stereocenters. The summed E-state index contributed by atoms with van der Waals surface area (Å²) in [5, 5.41) is 5.12. The van der Waals surface area contributed by atoms with E-state index in [0.717, 1.165) is 12.8 Å². The number of para-hydroxylation sites is 1. The van der Waals surface area contributed by atoms with Crippen LogP contribution in [0.25, 0.3) is 0 Å². The second-order valence-electron chi connectivity index (χ2n) is 5.12. The van der Waals surface area contributed by atoms with Crippen LogP contribution in [0, 0.1) is 0 Å². The fourth-order valence-electron chi connectivity index (χ4n) is 1.85. The highest BCUT2D eigenvalue weighted by Crippen LogP contribution is 2.07. The molecule has 0 aliphatic rings. The number of benzene rings is 1. The lowest BCUT2D eigenvalue weighted by Gasteiger charge is -2.14. The van der Waals surface area contributed by atoms with E-state index in [1.165, 1.54) is 0 Å². The first-order valence-electron chi connectivity index (χ1n) is 7.94. The number of ether oxygens (including phenoxy) is 2. The molecule has 24 heavy (non-hydrogen) atoms. The monoisotopic (exact) mass is 336 g/mol. The van der Waals surface area contributed by atoms with Gasteiger partial charge in [0.15, 0.2) is 13.2 Å². The third kappa shape index (κ3) is 8.17. The number of hydrogen-bond donors (Lipinski definition) is 2. The zero-order valence-electron chi connectivity index (χ0n) is 14.0. The van der Waals surface area contributed by atoms with Crippen LogP contribution in [0.3, 0.4) is 0 Å². The van der Waals surface area contributed by atoms with E-state index in [2.05, 4.69) is 10.6 Å². The second-order valence-corrected chi connectivity index (χ2v) is 5.12. The highest BCUT2D eigenvalue weighted by molar-refractivity contribution is 5.84. The summed E-state index contributed by atoms with van der Waals surface area (Å²) in [6.45, 7) is 3.06. The van der Waals surface area contributed by atoms with Crippen molar-refractivity contribution in [3.8, 4) is 5.75 Å². The maximum absolute atomic E-state index is 11.6. The molecule has 0 aliphatic heterocycles. The lowest BCUT2D eigenvalue weighted by Crippen LogP contribution is -2.38. The van der Waals surface area contributed by atoms with Crippen LogP contribution in [0.15, 0.2) is 30.3 Å². The van der Waals surface area contributed by atoms with Gasteiger partial charge in [0.2, 0.25) is 0 Å². The second kappa shape index (κ2) is 11.0. The third-order valence-corrected chi connectivity index (χ3v) is 3.26. The van der Waals surface area contributed by atoms with Crippen molar-refractivity contribution >= 4 is 17.8 Å². The topological polar surface area (TPSA) is 93.7 Å². The summed E-state index contributed by atoms with van der Waals surface area (Å²) in [6, 6.07) is 8.93. The molecule has 0 atom stereocenters. The Morgan fingerprint density at radius 2 is 1.67 bits per heavy atom. The average Bonchev–Trinajstić information content (AvgIpc) is 2.61. The predicted octanol–water partition coefficient (Wildman–Crippen LogP) is 1.03. The minimum Gasteiger partial charge on any atom is -0.484 e. The lowest BCUT2D eigenvalue weighted by atomic mass is 10.2. The zero-order valence-corrected chi connectivity index (χ0v) is 14.0. The summed E-state index contributed by atoms with van der Waals surface area (Å²) in [5.74, 6) is -0.913. The molecule has 0 radical (unpaired) electrons. The van der Waals surface area contributed by atoms with Crippen molar-refractivity contribution in [1.29, 1.82) is 0 Å². The molecule has 0 heterocycles. The zero-order chi connectivity index (χ0) is 17.8. The van der Waals surface area contributed by atoms with Crippen LogP contribution in [0.5, 0.6) is 5.75 Å². The largest absolute Gasteiger partial charge is 0.484 e. The summed E-state index contributed by atoms with van der Waals surface area (Å²) in [4.78, 5) is 34.6. The smallest absolute Gasteiger partial charge is 0.325 e. The Morgan fingerprint density at radius 1 is 1.00 bits per heavy atom. The van der Waals surface area contributed by atoms with Crippen molar-refractivity contribution < 1.29 is 23.9 Å². The average molecular weight is 336 g/mol. The van der Waals surface area contributed by atoms with Crippen LogP contribution in [0.1, 0.15) is 26.7 Å². The van der Waals surface area contributed by atoms with E-state index in [1.54, 1.807) is 24.3 Å². The van der Waals surface area contributed by atoms with Gasteiger partial charge in [0.1, 0.15) is 12.3 Å². The minimum absolute atomic E-state index is 0.0750. The molecule has 0 fully saturated rings. The van der Waals surface area contributed by atoms with Gasteiger partial charge >= 0.3 is 5.97 Å². The van der Waals surface area contributed by atoms with Gasteiger partial charge in [0.05, 0.1) is 0 Å². The number of hydrogen-bond acceptors (Lipinski definition) is 5. The Balaban J connectivity index is 2.16. The van der Waals surface area contributed by atoms with Gasteiger partial charge in [-0.05, 0) is 25.0 Å². The fourth-order valence-corrected chi connectivity index (χ4v) is 1.85. The molecule has 0 aromatic heterocycles. The van der Waals surface area contributed by atoms with Crippen LogP contribution in [0.2, 0.25) is 0 Å². The number of esters is 1. The number of amides is 2. The molecule has 0 spiro atoms. The van der Waals surface area contributed by atoms with Crippen LogP contribution in [-0.2, 0) is 19.1 Å². The molecule has 1 aromatic rings. The Morgan fingerprint density at radius 3 is 2.29 bits per heavy atom. The number of carbonyl (C=O) groups excluding carboxylic acids is 3. The number of carbonyl (C=O) groups is 3. The molecule has 0 aliphatic carbocycles. The third-order valence-electron chi connectivity index (χ3n) is 3.26. The van der Waals surface area contributed by atoms with Gasteiger partial charge in [-0.15, -0.1) is 0 Å². The molecule has 2 N–H and O–H groups in total. The van der Waals surface area contributed by atoms with Gasteiger partial charge in [-0.25, -0.2) is 0 Å². The molecule has 2 amide bonds. The van der Waals surface area contributed by atoms with E-state index < -0.39 is 11.9 Å². The van der Waals surface area contributed by atoms with Crippen LogP contribution in [0.4, 0.5) is 0 Å². The van der Waals surface area contributed by atoms with E-state index in [-0.39, 0.29) is 31.7 Å². The van der Waals surface area contributed by atoms with E-state index in [1.807, 2.05) is 19.9 Å². The van der Waals surface area contributed by atoms with Crippen molar-refractivity contribution in [1.82, 2.24) is 10.6 Å². The van der Waals surface area contributed by atoms with Crippen LogP contribution >= 0.6 is 0 Å². The molecule has 0 saturated heterocycles. The first-order valence-corrected chi connectivity index (χ1v) is 7.94. The van der Waals surface area contributed by atoms with Crippen molar-refractivity contribution in [3.63, 3.8) is 0 Å². The number of rotatable bonds is 10. The molecule has 7 heteroatoms. The van der Waals surface area contributed by atoms with Gasteiger partial charge < -0.3 is 20.1 Å². The molecule has 132 valence electrons. The van der Waals surface area contributed by atoms with Gasteiger partial charge in [0.25, 0.3) is 11.8 Å². The molecule has 1 rings (SSSR count). The molecule has 1 aromatic carbocycles. The molecule has 7 nitrogen and oxygen atoms in total. The van der Waals surface area contributed by atoms with Gasteiger partial charge in [-0.1, -0.05) is 32.0 Å². The SMILES string of the molecule is CCC(CC)NC(=O)COC(=O)CNC(=O)COc1ccccc1. The molecule has 0 bridgehead atoms. The highest BCUT2D eigenvalue weighted by atomic mass is 16.5. The van der Waals surface area contributed by atoms with Gasteiger partial charge in [-0.3, -0.25) is 14.4 Å². The van der Waals surface area contributed by atoms with Crippen LogP contribution < -0.4 is 15.4 Å². The van der Waals surface area contributed by atoms with Crippen molar-refractivity contribution in [2.75, 3.05) is 19.8 Å². The Bertz CT molecular complexity index is 529. The summed E-state index contributed by atoms with van der Waals surface area (Å²) in [6.07, 6.45) is 1.63. The quantitative estimate of drug-likeness (QED) is 0.623. The standard InChI is InChI=1S/C17H24N2O5/c1-3-13(4-2)19-16(21)12-24-17(22)10-18-15(20)11-23-14-8-6-5-7-9-14/h5-9,13H,3-4,10-12H2,1-2H3,(H,18,20)(H,19,21). The van der Waals surface area contributed by atoms with E-state index in [9.17, 15) is 14.4 Å². The fraction of sp³-hybridized carbons (Fsp3) is 0.471. The van der Waals surface area contributed by atoms with Crippen molar-refractivity contribution in [3.05, 3.63) is 30.3 Å². The Labute approximate surface area is 141 Å². The number of nitrogens with one attached hydrogen (secondary N) is 2. The summed E-state index contributed by atoms with van der Waals surface area (Å²) < 4.78 is 10.0. The predicted molar refractivity (Wildman–Crippen MR) is 88.4 cm³/mol. The first-order chi connectivity index (χ1) is 11.5. The van der Waals surface area contributed by atoms with E-state index in [0.29, 0.717) is 5.75 Å². The molecular formula is C17H24N2O5. The maximum atomic E-state index is 11.6. The van der Waals surface area contributed by atoms with E-state index in [4.69, 9.17) is 9.47 Å². The molecule has 0 saturated carbocycles. The summed E-state index contributed by atoms with van der Waals surface area (Å²) in [5.41, 5.74) is 0. The molecular weight excluding hydrogens is 312 g/mol.